The molecule has 1 aromatic carbocycles. The molecule has 122 valence electrons. The van der Waals surface area contributed by atoms with Crippen LogP contribution in [0.5, 0.6) is 0 Å². The maximum Gasteiger partial charge on any atom is 0.277 e. The second kappa shape index (κ2) is 7.74. The first-order valence-corrected chi connectivity index (χ1v) is 8.48. The molecule has 6 nitrogen and oxygen atoms in total. The van der Waals surface area contributed by atoms with Crippen LogP contribution >= 0.6 is 11.8 Å². The van der Waals surface area contributed by atoms with Gasteiger partial charge in [0.25, 0.3) is 5.22 Å². The zero-order chi connectivity index (χ0) is 16.8. The quantitative estimate of drug-likeness (QED) is 0.693. The van der Waals surface area contributed by atoms with Gasteiger partial charge >= 0.3 is 0 Å². The van der Waals surface area contributed by atoms with Gasteiger partial charge in [-0.2, -0.15) is 0 Å². The van der Waals surface area contributed by atoms with E-state index < -0.39 is 0 Å². The lowest BCUT2D eigenvalue weighted by atomic mass is 10.1. The Bertz CT molecular complexity index is 803. The summed E-state index contributed by atoms with van der Waals surface area (Å²) in [5, 5.41) is 11.1. The number of pyridine rings is 1. The lowest BCUT2D eigenvalue weighted by Crippen LogP contribution is -2.13. The van der Waals surface area contributed by atoms with Crippen LogP contribution in [0.15, 0.2) is 58.4 Å². The van der Waals surface area contributed by atoms with Crippen LogP contribution in [0, 0.1) is 0 Å². The van der Waals surface area contributed by atoms with Crippen molar-refractivity contribution in [2.24, 2.45) is 0 Å². The number of aromatic nitrogens is 3. The van der Waals surface area contributed by atoms with E-state index in [0.29, 0.717) is 11.1 Å². The van der Waals surface area contributed by atoms with E-state index in [-0.39, 0.29) is 11.7 Å². The molecule has 1 amide bonds. The van der Waals surface area contributed by atoms with Crippen molar-refractivity contribution in [3.8, 4) is 11.5 Å². The predicted octanol–water partition coefficient (Wildman–Crippen LogP) is 3.42. The maximum absolute atomic E-state index is 12.0. The van der Waals surface area contributed by atoms with Gasteiger partial charge in [0, 0.05) is 18.1 Å². The summed E-state index contributed by atoms with van der Waals surface area (Å²) in [5.41, 5.74) is 2.76. The number of anilines is 1. The Morgan fingerprint density at radius 1 is 1.21 bits per heavy atom. The molecule has 0 bridgehead atoms. The van der Waals surface area contributed by atoms with Crippen LogP contribution in [0.3, 0.4) is 0 Å². The summed E-state index contributed by atoms with van der Waals surface area (Å²) in [7, 11) is 0. The Morgan fingerprint density at radius 2 is 2.04 bits per heavy atom. The van der Waals surface area contributed by atoms with Crippen LogP contribution in [0.2, 0.25) is 0 Å². The van der Waals surface area contributed by atoms with Gasteiger partial charge in [-0.15, -0.1) is 10.2 Å². The number of carbonyl (C=O) groups is 1. The number of aryl methyl sites for hydroxylation is 1. The highest BCUT2D eigenvalue weighted by Gasteiger charge is 2.11. The Hall–Kier alpha value is -2.67. The fourth-order valence-electron chi connectivity index (χ4n) is 2.02. The van der Waals surface area contributed by atoms with Crippen LogP contribution in [-0.4, -0.2) is 26.8 Å². The molecule has 0 spiro atoms. The van der Waals surface area contributed by atoms with Crippen molar-refractivity contribution in [1.29, 1.82) is 0 Å². The summed E-state index contributed by atoms with van der Waals surface area (Å²) in [6, 6.07) is 11.4. The SMILES string of the molecule is CCc1ccc(NC(=O)CSc2nnc(-c3cccnc3)o2)cc1. The van der Waals surface area contributed by atoms with E-state index in [1.54, 1.807) is 18.5 Å². The predicted molar refractivity (Wildman–Crippen MR) is 92.7 cm³/mol. The van der Waals surface area contributed by atoms with Gasteiger partial charge in [-0.1, -0.05) is 30.8 Å². The van der Waals surface area contributed by atoms with Gasteiger partial charge < -0.3 is 9.73 Å². The molecule has 0 unspecified atom stereocenters. The molecule has 3 aromatic rings. The third-order valence-corrected chi connectivity index (χ3v) is 4.11. The smallest absolute Gasteiger partial charge is 0.277 e. The van der Waals surface area contributed by atoms with Crippen LogP contribution in [0.4, 0.5) is 5.69 Å². The largest absolute Gasteiger partial charge is 0.411 e. The third-order valence-electron chi connectivity index (χ3n) is 3.29. The van der Waals surface area contributed by atoms with Gasteiger partial charge in [0.1, 0.15) is 0 Å². The summed E-state index contributed by atoms with van der Waals surface area (Å²) in [6.07, 6.45) is 4.29. The van der Waals surface area contributed by atoms with Crippen molar-refractivity contribution in [3.05, 3.63) is 54.4 Å². The van der Waals surface area contributed by atoms with E-state index in [1.165, 1.54) is 17.3 Å². The Labute approximate surface area is 143 Å². The van der Waals surface area contributed by atoms with Gasteiger partial charge in [-0.05, 0) is 36.2 Å². The molecule has 0 aliphatic rings. The van der Waals surface area contributed by atoms with Crippen molar-refractivity contribution in [1.82, 2.24) is 15.2 Å². The second-order valence-corrected chi connectivity index (χ2v) is 5.93. The summed E-state index contributed by atoms with van der Waals surface area (Å²) in [6.45, 7) is 2.09. The van der Waals surface area contributed by atoms with E-state index in [2.05, 4.69) is 27.4 Å². The topological polar surface area (TPSA) is 80.9 Å². The standard InChI is InChI=1S/C17H16N4O2S/c1-2-12-5-7-14(8-6-12)19-15(22)11-24-17-21-20-16(23-17)13-4-3-9-18-10-13/h3-10H,2,11H2,1H3,(H,19,22). The molecule has 2 heterocycles. The normalized spacial score (nSPS) is 10.5. The molecule has 0 saturated heterocycles. The average Bonchev–Trinajstić information content (AvgIpc) is 3.10. The molecule has 24 heavy (non-hydrogen) atoms. The highest BCUT2D eigenvalue weighted by molar-refractivity contribution is 7.99. The molecule has 0 atom stereocenters. The summed E-state index contributed by atoms with van der Waals surface area (Å²) in [5.74, 6) is 0.469. The molecule has 1 N–H and O–H groups in total. The number of hydrogen-bond donors (Lipinski definition) is 1. The van der Waals surface area contributed by atoms with E-state index >= 15 is 0 Å². The number of nitrogens with one attached hydrogen (secondary N) is 1. The summed E-state index contributed by atoms with van der Waals surface area (Å²) >= 11 is 1.20. The summed E-state index contributed by atoms with van der Waals surface area (Å²) < 4.78 is 5.52. The van der Waals surface area contributed by atoms with Crippen molar-refractivity contribution >= 4 is 23.4 Å². The Morgan fingerprint density at radius 3 is 2.75 bits per heavy atom. The molecular formula is C17H16N4O2S. The minimum atomic E-state index is -0.120. The number of carbonyl (C=O) groups excluding carboxylic acids is 1. The highest BCUT2D eigenvalue weighted by Crippen LogP contribution is 2.22. The zero-order valence-corrected chi connectivity index (χ0v) is 13.9. The Kier molecular flexibility index (Phi) is 5.22. The zero-order valence-electron chi connectivity index (χ0n) is 13.1. The molecule has 3 rings (SSSR count). The first kappa shape index (κ1) is 16.2. The number of amides is 1. The van der Waals surface area contributed by atoms with Crippen molar-refractivity contribution < 1.29 is 9.21 Å². The fraction of sp³-hybridized carbons (Fsp3) is 0.176. The van der Waals surface area contributed by atoms with Gasteiger partial charge in [-0.3, -0.25) is 9.78 Å². The van der Waals surface area contributed by atoms with Gasteiger partial charge in [0.05, 0.1) is 11.3 Å². The molecule has 7 heteroatoms. The fourth-order valence-corrected chi connectivity index (χ4v) is 2.59. The maximum atomic E-state index is 12.0. The lowest BCUT2D eigenvalue weighted by Gasteiger charge is -2.04. The Balaban J connectivity index is 1.53. The first-order valence-electron chi connectivity index (χ1n) is 7.50. The first-order chi connectivity index (χ1) is 11.7. The molecule has 0 radical (unpaired) electrons. The van der Waals surface area contributed by atoms with E-state index in [4.69, 9.17) is 4.42 Å². The molecule has 0 saturated carbocycles. The monoisotopic (exact) mass is 340 g/mol. The number of rotatable bonds is 6. The van der Waals surface area contributed by atoms with Crippen LogP contribution < -0.4 is 5.32 Å². The molecule has 0 fully saturated rings. The highest BCUT2D eigenvalue weighted by atomic mass is 32.2. The molecule has 0 aliphatic heterocycles. The van der Waals surface area contributed by atoms with Gasteiger partial charge in [0.2, 0.25) is 11.8 Å². The third kappa shape index (κ3) is 4.20. The van der Waals surface area contributed by atoms with Gasteiger partial charge in [-0.25, -0.2) is 0 Å². The number of benzene rings is 1. The van der Waals surface area contributed by atoms with E-state index in [1.807, 2.05) is 30.3 Å². The van der Waals surface area contributed by atoms with E-state index in [9.17, 15) is 4.79 Å². The van der Waals surface area contributed by atoms with Crippen LogP contribution in [0.25, 0.3) is 11.5 Å². The van der Waals surface area contributed by atoms with Crippen LogP contribution in [-0.2, 0) is 11.2 Å². The van der Waals surface area contributed by atoms with Crippen LogP contribution in [0.1, 0.15) is 12.5 Å². The number of hydrogen-bond acceptors (Lipinski definition) is 6. The second-order valence-electron chi connectivity index (χ2n) is 5.00. The minimum Gasteiger partial charge on any atom is -0.411 e. The number of nitrogens with zero attached hydrogens (tertiary/aromatic N) is 3. The molecule has 2 aromatic heterocycles. The van der Waals surface area contributed by atoms with Gasteiger partial charge in [0.15, 0.2) is 0 Å². The van der Waals surface area contributed by atoms with E-state index in [0.717, 1.165) is 17.7 Å². The lowest BCUT2D eigenvalue weighted by molar-refractivity contribution is -0.113. The summed E-state index contributed by atoms with van der Waals surface area (Å²) in [4.78, 5) is 16.0. The number of thioether (sulfide) groups is 1. The van der Waals surface area contributed by atoms with Crippen molar-refractivity contribution in [2.45, 2.75) is 18.6 Å². The van der Waals surface area contributed by atoms with Crippen molar-refractivity contribution in [3.63, 3.8) is 0 Å². The van der Waals surface area contributed by atoms with Crippen molar-refractivity contribution in [2.75, 3.05) is 11.1 Å². The average molecular weight is 340 g/mol. The minimum absolute atomic E-state index is 0.120. The molecular weight excluding hydrogens is 324 g/mol. The molecule has 0 aliphatic carbocycles.